The van der Waals surface area contributed by atoms with Crippen LogP contribution in [0.5, 0.6) is 0 Å². The predicted octanol–water partition coefficient (Wildman–Crippen LogP) is 2.89. The third-order valence-corrected chi connectivity index (χ3v) is 3.69. The minimum absolute atomic E-state index is 0.907. The van der Waals surface area contributed by atoms with Gasteiger partial charge in [-0.2, -0.15) is 0 Å². The highest BCUT2D eigenvalue weighted by atomic mass is 15.1. The van der Waals surface area contributed by atoms with Crippen LogP contribution in [0.4, 0.5) is 0 Å². The summed E-state index contributed by atoms with van der Waals surface area (Å²) in [4.78, 5) is 2.65. The van der Waals surface area contributed by atoms with Crippen LogP contribution in [-0.2, 0) is 0 Å². The smallest absolute Gasteiger partial charge is 0.00223 e. The molecule has 0 amide bonds. The summed E-state index contributed by atoms with van der Waals surface area (Å²) >= 11 is 0. The fourth-order valence-electron chi connectivity index (χ4n) is 2.69. The lowest BCUT2D eigenvalue weighted by Gasteiger charge is -2.15. The molecule has 96 valence electrons. The van der Waals surface area contributed by atoms with Gasteiger partial charge in [-0.05, 0) is 45.4 Å². The standard InChI is InChI=1S/C14H30N2/c1-3-4-5-6-7-8-10-16-11-9-14(13-16)12-15-2/h14-15H,3-13H2,1-2H3. The van der Waals surface area contributed by atoms with Crippen molar-refractivity contribution in [3.8, 4) is 0 Å². The first kappa shape index (κ1) is 14.0. The highest BCUT2D eigenvalue weighted by Gasteiger charge is 2.20. The van der Waals surface area contributed by atoms with Gasteiger partial charge in [0.05, 0.1) is 0 Å². The zero-order chi connectivity index (χ0) is 11.6. The van der Waals surface area contributed by atoms with Crippen LogP contribution in [0.1, 0.15) is 51.9 Å². The topological polar surface area (TPSA) is 15.3 Å². The molecule has 1 fully saturated rings. The quantitative estimate of drug-likeness (QED) is 0.608. The molecule has 0 aromatic rings. The molecule has 1 unspecified atom stereocenters. The lowest BCUT2D eigenvalue weighted by molar-refractivity contribution is 0.313. The van der Waals surface area contributed by atoms with Crippen molar-refractivity contribution in [2.24, 2.45) is 5.92 Å². The van der Waals surface area contributed by atoms with Crippen molar-refractivity contribution in [2.45, 2.75) is 51.9 Å². The average Bonchev–Trinajstić information content (AvgIpc) is 2.72. The first-order chi connectivity index (χ1) is 7.86. The normalized spacial score (nSPS) is 21.8. The van der Waals surface area contributed by atoms with Crippen molar-refractivity contribution in [1.82, 2.24) is 10.2 Å². The predicted molar refractivity (Wildman–Crippen MR) is 71.8 cm³/mol. The van der Waals surface area contributed by atoms with Crippen LogP contribution in [0.2, 0.25) is 0 Å². The molecule has 0 aromatic carbocycles. The molecule has 2 heteroatoms. The van der Waals surface area contributed by atoms with Crippen LogP contribution in [0, 0.1) is 5.92 Å². The number of unbranched alkanes of at least 4 members (excludes halogenated alkanes) is 5. The zero-order valence-corrected chi connectivity index (χ0v) is 11.3. The summed E-state index contributed by atoms with van der Waals surface area (Å²) in [6.45, 7) is 7.49. The summed E-state index contributed by atoms with van der Waals surface area (Å²) in [5, 5.41) is 3.29. The van der Waals surface area contributed by atoms with Crippen molar-refractivity contribution in [3.05, 3.63) is 0 Å². The van der Waals surface area contributed by atoms with E-state index >= 15 is 0 Å². The van der Waals surface area contributed by atoms with Gasteiger partial charge in [-0.25, -0.2) is 0 Å². The molecular weight excluding hydrogens is 196 g/mol. The van der Waals surface area contributed by atoms with Gasteiger partial charge in [-0.3, -0.25) is 0 Å². The van der Waals surface area contributed by atoms with Crippen molar-refractivity contribution in [2.75, 3.05) is 33.2 Å². The van der Waals surface area contributed by atoms with Gasteiger partial charge in [0.15, 0.2) is 0 Å². The Bertz CT molecular complexity index is 159. The maximum atomic E-state index is 3.29. The Morgan fingerprint density at radius 2 is 1.88 bits per heavy atom. The fraction of sp³-hybridized carbons (Fsp3) is 1.00. The lowest BCUT2D eigenvalue weighted by Crippen LogP contribution is -2.25. The Labute approximate surface area is 102 Å². The van der Waals surface area contributed by atoms with Gasteiger partial charge >= 0.3 is 0 Å². The summed E-state index contributed by atoms with van der Waals surface area (Å²) in [6, 6.07) is 0. The van der Waals surface area contributed by atoms with Crippen LogP contribution in [0.3, 0.4) is 0 Å². The fourth-order valence-corrected chi connectivity index (χ4v) is 2.69. The molecule has 16 heavy (non-hydrogen) atoms. The summed E-state index contributed by atoms with van der Waals surface area (Å²) < 4.78 is 0. The van der Waals surface area contributed by atoms with Gasteiger partial charge in [0, 0.05) is 6.54 Å². The van der Waals surface area contributed by atoms with E-state index in [0.29, 0.717) is 0 Å². The van der Waals surface area contributed by atoms with Gasteiger partial charge in [-0.15, -0.1) is 0 Å². The average molecular weight is 226 g/mol. The monoisotopic (exact) mass is 226 g/mol. The molecule has 0 aromatic heterocycles. The summed E-state index contributed by atoms with van der Waals surface area (Å²) in [5.41, 5.74) is 0. The number of nitrogens with one attached hydrogen (secondary N) is 1. The number of hydrogen-bond acceptors (Lipinski definition) is 2. The molecule has 0 aliphatic carbocycles. The van der Waals surface area contributed by atoms with E-state index in [0.717, 1.165) is 5.92 Å². The van der Waals surface area contributed by atoms with E-state index in [2.05, 4.69) is 24.2 Å². The summed E-state index contributed by atoms with van der Waals surface area (Å²) in [7, 11) is 2.07. The van der Waals surface area contributed by atoms with Crippen LogP contribution in [-0.4, -0.2) is 38.1 Å². The number of hydrogen-bond donors (Lipinski definition) is 1. The lowest BCUT2D eigenvalue weighted by atomic mass is 10.1. The molecule has 0 bridgehead atoms. The number of likely N-dealkylation sites (tertiary alicyclic amines) is 1. The van der Waals surface area contributed by atoms with Crippen LogP contribution in [0.15, 0.2) is 0 Å². The van der Waals surface area contributed by atoms with Crippen molar-refractivity contribution >= 4 is 0 Å². The third-order valence-electron chi connectivity index (χ3n) is 3.69. The van der Waals surface area contributed by atoms with E-state index < -0.39 is 0 Å². The van der Waals surface area contributed by atoms with Crippen LogP contribution < -0.4 is 5.32 Å². The van der Waals surface area contributed by atoms with E-state index in [1.807, 2.05) is 0 Å². The van der Waals surface area contributed by atoms with Crippen molar-refractivity contribution in [1.29, 1.82) is 0 Å². The summed E-state index contributed by atoms with van der Waals surface area (Å²) in [5.74, 6) is 0.907. The Morgan fingerprint density at radius 1 is 1.12 bits per heavy atom. The third kappa shape index (κ3) is 5.86. The van der Waals surface area contributed by atoms with Crippen LogP contribution >= 0.6 is 0 Å². The van der Waals surface area contributed by atoms with Crippen molar-refractivity contribution in [3.63, 3.8) is 0 Å². The van der Waals surface area contributed by atoms with Gasteiger partial charge in [0.2, 0.25) is 0 Å². The number of rotatable bonds is 9. The van der Waals surface area contributed by atoms with Crippen LogP contribution in [0.25, 0.3) is 0 Å². The Balaban J connectivity index is 1.90. The molecule has 1 heterocycles. The van der Waals surface area contributed by atoms with E-state index in [9.17, 15) is 0 Å². The first-order valence-corrected chi connectivity index (χ1v) is 7.23. The van der Waals surface area contributed by atoms with E-state index in [1.54, 1.807) is 0 Å². The van der Waals surface area contributed by atoms with E-state index in [-0.39, 0.29) is 0 Å². The zero-order valence-electron chi connectivity index (χ0n) is 11.3. The van der Waals surface area contributed by atoms with Gasteiger partial charge in [0.1, 0.15) is 0 Å². The van der Waals surface area contributed by atoms with E-state index in [4.69, 9.17) is 0 Å². The molecular formula is C14H30N2. The van der Waals surface area contributed by atoms with Gasteiger partial charge in [0.25, 0.3) is 0 Å². The molecule has 2 nitrogen and oxygen atoms in total. The summed E-state index contributed by atoms with van der Waals surface area (Å²) in [6.07, 6.45) is 9.92. The molecule has 1 saturated heterocycles. The molecule has 1 aliphatic rings. The van der Waals surface area contributed by atoms with E-state index in [1.165, 1.54) is 71.1 Å². The first-order valence-electron chi connectivity index (χ1n) is 7.23. The van der Waals surface area contributed by atoms with Crippen molar-refractivity contribution < 1.29 is 0 Å². The Hall–Kier alpha value is -0.0800. The SMILES string of the molecule is CCCCCCCCN1CCC(CNC)C1. The molecule has 0 saturated carbocycles. The number of nitrogens with zero attached hydrogens (tertiary/aromatic N) is 1. The Kier molecular flexibility index (Phi) is 7.87. The minimum Gasteiger partial charge on any atom is -0.319 e. The molecule has 1 aliphatic heterocycles. The second-order valence-corrected chi connectivity index (χ2v) is 5.28. The second kappa shape index (κ2) is 9.00. The van der Waals surface area contributed by atoms with Gasteiger partial charge in [-0.1, -0.05) is 39.0 Å². The largest absolute Gasteiger partial charge is 0.319 e. The Morgan fingerprint density at radius 3 is 2.62 bits per heavy atom. The van der Waals surface area contributed by atoms with Gasteiger partial charge < -0.3 is 10.2 Å². The highest BCUT2D eigenvalue weighted by Crippen LogP contribution is 2.16. The highest BCUT2D eigenvalue weighted by molar-refractivity contribution is 4.76. The maximum absolute atomic E-state index is 3.29. The molecule has 1 rings (SSSR count). The molecule has 0 radical (unpaired) electrons. The molecule has 1 atom stereocenters. The molecule has 1 N–H and O–H groups in total. The molecule has 0 spiro atoms. The minimum atomic E-state index is 0.907. The second-order valence-electron chi connectivity index (χ2n) is 5.28. The maximum Gasteiger partial charge on any atom is 0.00223 e.